The zero-order valence-corrected chi connectivity index (χ0v) is 62.2. The minimum atomic E-state index is -5.29. The molecule has 7 rings (SSSR count). The molecule has 0 aromatic heterocycles. The van der Waals surface area contributed by atoms with Crippen molar-refractivity contribution in [2.45, 2.75) is 189 Å². The van der Waals surface area contributed by atoms with Gasteiger partial charge in [0.05, 0.1) is 12.3 Å². The van der Waals surface area contributed by atoms with Crippen LogP contribution < -0.4 is 0 Å². The predicted octanol–water partition coefficient (Wildman–Crippen LogP) is 7.57. The summed E-state index contributed by atoms with van der Waals surface area (Å²) in [7, 11) is -65.2. The lowest BCUT2D eigenvalue weighted by Crippen LogP contribution is -2.93. The highest BCUT2D eigenvalue weighted by molar-refractivity contribution is 7.04. The van der Waals surface area contributed by atoms with Crippen molar-refractivity contribution >= 4 is 151 Å². The van der Waals surface area contributed by atoms with Crippen molar-refractivity contribution in [2.75, 3.05) is 0 Å². The fourth-order valence-electron chi connectivity index (χ4n) is 7.94. The van der Waals surface area contributed by atoms with Gasteiger partial charge < -0.3 is 87.0 Å². The minimum Gasteiger partial charge on any atom is -0.396 e. The van der Waals surface area contributed by atoms with E-state index in [2.05, 4.69) is 0 Å². The summed E-state index contributed by atoms with van der Waals surface area (Å²) < 4.78 is 153. The van der Waals surface area contributed by atoms with Crippen molar-refractivity contribution in [1.82, 2.24) is 0 Å². The first-order valence-corrected chi connectivity index (χ1v) is 63.9. The summed E-state index contributed by atoms with van der Waals surface area (Å²) in [6.45, 7) is 44.8. The third kappa shape index (κ3) is 16.2. The zero-order chi connectivity index (χ0) is 53.8. The van der Waals surface area contributed by atoms with Gasteiger partial charge in [0.1, 0.15) is 0 Å². The van der Waals surface area contributed by atoms with Crippen molar-refractivity contribution in [3.63, 3.8) is 0 Å². The molecule has 0 radical (unpaired) electrons. The molecular weight excluding hydrogens is 1200 g/mol. The topological polar surface area (TPSA) is 228 Å². The molecule has 0 N–H and O–H groups in total. The molecule has 7 heterocycles. The van der Waals surface area contributed by atoms with Gasteiger partial charge in [-0.3, -0.25) is 9.59 Å². The number of ether oxygens (including phenoxy) is 1. The Kier molecular flexibility index (Phi) is 17.6. The van der Waals surface area contributed by atoms with Gasteiger partial charge in [-0.1, -0.05) is 20.3 Å². The first-order valence-electron chi connectivity index (χ1n) is 24.4. The molecule has 0 spiro atoms. The molecule has 0 amide bonds. The Morgan fingerprint density at radius 1 is 0.380 bits per heavy atom. The average molecular weight is 1280 g/mol. The number of hydrogen-bond donors (Lipinski definition) is 0. The van der Waals surface area contributed by atoms with Crippen molar-refractivity contribution in [1.29, 1.82) is 0 Å². The van der Waals surface area contributed by atoms with Gasteiger partial charge >= 0.3 is 84.3 Å². The Morgan fingerprint density at radius 2 is 0.592 bits per heavy atom. The van der Waals surface area contributed by atoms with E-state index in [-0.39, 0.29) is 6.42 Å². The van der Waals surface area contributed by atoms with Crippen LogP contribution in [-0.2, 0) is 96.6 Å². The summed E-state index contributed by atoms with van der Waals surface area (Å²) in [5.41, 5.74) is 0. The van der Waals surface area contributed by atoms with E-state index in [0.29, 0.717) is 31.0 Å². The van der Waals surface area contributed by atoms with Gasteiger partial charge in [0.25, 0.3) is 0 Å². The highest BCUT2D eigenvalue weighted by Gasteiger charge is 2.92. The van der Waals surface area contributed by atoms with Crippen LogP contribution in [0, 0.1) is 5.92 Å². The van der Waals surface area contributed by atoms with E-state index in [4.69, 9.17) is 87.0 Å². The predicted molar refractivity (Wildman–Crippen MR) is 291 cm³/mol. The smallest absolute Gasteiger partial charge is 0.396 e. The van der Waals surface area contributed by atoms with Crippen LogP contribution >= 0.6 is 0 Å². The van der Waals surface area contributed by atoms with Crippen LogP contribution in [0.3, 0.4) is 0 Å². The third-order valence-corrected chi connectivity index (χ3v) is 64.5. The second-order valence-electron chi connectivity index (χ2n) is 25.3. The maximum Gasteiger partial charge on any atom is 0.651 e. The molecule has 7 saturated heterocycles. The summed E-state index contributed by atoms with van der Waals surface area (Å²) in [5.74, 6) is -1.67. The zero-order valence-electron chi connectivity index (χ0n) is 46.2. The molecule has 0 aliphatic carbocycles. The summed E-state index contributed by atoms with van der Waals surface area (Å²) in [6, 6.07) is 1.44. The van der Waals surface area contributed by atoms with Gasteiger partial charge in [0, 0.05) is 0 Å². The van der Waals surface area contributed by atoms with Gasteiger partial charge in [0.2, 0.25) is 0 Å². The second-order valence-corrected chi connectivity index (χ2v) is 83.5. The first kappa shape index (κ1) is 62.0. The van der Waals surface area contributed by atoms with Crippen LogP contribution in [0.15, 0.2) is 0 Å². The number of cyclic esters (lactones) is 2. The lowest BCUT2D eigenvalue weighted by Gasteiger charge is -2.61. The van der Waals surface area contributed by atoms with Crippen molar-refractivity contribution in [3.05, 3.63) is 0 Å². The Hall–Kier alpha value is 1.81. The van der Waals surface area contributed by atoms with Crippen LogP contribution in [0.25, 0.3) is 0 Å². The fraction of sp³-hybridized carbons (Fsp3) is 0.938. The molecule has 412 valence electrons. The molecule has 71 heavy (non-hydrogen) atoms. The van der Waals surface area contributed by atoms with E-state index in [1.54, 1.807) is 0 Å². The molecule has 0 aromatic carbocycles. The standard InChI is InChI=1S/C32H82O23Si16/c1-24-63(25-2,28-26-27-30-29-31(33)35-32(30)34)43-71-53-68(40-60(15,16)17)47-65(37-57(6,7)8)44-64(36-56(3,4)5)45-66(49-68,38-58(9,10)11)51-70(55-71,42-62(21,22)23)52-67(46-64,39-59(12,13)14)50-69(48-65,54-71)41-61(18,19)20/h30H,24-29H2,1-23H3. The lowest BCUT2D eigenvalue weighted by atomic mass is 10.0. The third-order valence-electron chi connectivity index (χ3n) is 9.79. The SMILES string of the molecule is CC[Si](CC)(CCCC1CC(=O)OC1=O)O[Si]12O[Si]3(O[Si](C)(C)C)O[Si]4(O[Si](C)(C)C)O[Si]5(O[Si](C)(C)C)O[Si](O[Si](C)(C)C)(O3)O[Si](O[Si](C)(C)C)(O[Si](O[Si](C)(C)C)(O5)O[Si](O[Si](C)(C)C)(O4)O1)O2. The Bertz CT molecular complexity index is 1800. The quantitative estimate of drug-likeness (QED) is 0.0578. The van der Waals surface area contributed by atoms with Crippen molar-refractivity contribution < 1.29 is 96.6 Å². The Balaban J connectivity index is 1.79. The number of carbonyl (C=O) groups is 2. The maximum atomic E-state index is 12.7. The molecule has 7 aliphatic heterocycles. The normalized spacial score (nSPS) is 37.4. The molecule has 7 fully saturated rings. The maximum absolute atomic E-state index is 12.7. The van der Waals surface area contributed by atoms with E-state index in [0.717, 1.165) is 0 Å². The van der Waals surface area contributed by atoms with Crippen LogP contribution in [-0.4, -0.2) is 151 Å². The highest BCUT2D eigenvalue weighted by atomic mass is 28.7. The summed E-state index contributed by atoms with van der Waals surface area (Å²) in [4.78, 5) is 24.9. The first-order chi connectivity index (χ1) is 31.6. The van der Waals surface area contributed by atoms with Gasteiger partial charge in [-0.2, -0.15) is 0 Å². The van der Waals surface area contributed by atoms with E-state index in [9.17, 15) is 9.59 Å². The van der Waals surface area contributed by atoms with Gasteiger partial charge in [0.15, 0.2) is 66.5 Å². The van der Waals surface area contributed by atoms with E-state index in [1.165, 1.54) is 0 Å². The molecule has 7 aliphatic rings. The van der Waals surface area contributed by atoms with E-state index >= 15 is 0 Å². The molecule has 8 bridgehead atoms. The summed E-state index contributed by atoms with van der Waals surface area (Å²) in [6.07, 6.45) is 0.861. The molecule has 1 atom stereocenters. The largest absolute Gasteiger partial charge is 0.651 e. The van der Waals surface area contributed by atoms with Crippen LogP contribution in [0.5, 0.6) is 0 Å². The molecule has 0 aromatic rings. The second kappa shape index (κ2) is 20.1. The van der Waals surface area contributed by atoms with Gasteiger partial charge in [-0.15, -0.1) is 0 Å². The minimum absolute atomic E-state index is 0.00569. The molecular formula is C32H82O23Si16. The van der Waals surface area contributed by atoms with Crippen molar-refractivity contribution in [3.8, 4) is 0 Å². The fourth-order valence-corrected chi connectivity index (χ4v) is 75.4. The molecule has 1 unspecified atom stereocenters. The Morgan fingerprint density at radius 3 is 0.761 bits per heavy atom. The number of rotatable bonds is 22. The van der Waals surface area contributed by atoms with Gasteiger partial charge in [-0.05, 0) is 162 Å². The summed E-state index contributed by atoms with van der Waals surface area (Å²) in [5, 5.41) is 0. The van der Waals surface area contributed by atoms with E-state index < -0.39 is 157 Å². The Labute approximate surface area is 439 Å². The number of carbonyl (C=O) groups excluding carboxylic acids is 2. The monoisotopic (exact) mass is 1280 g/mol. The highest BCUT2D eigenvalue weighted by Crippen LogP contribution is 2.53. The van der Waals surface area contributed by atoms with Crippen LogP contribution in [0.1, 0.15) is 33.1 Å². The molecule has 0 saturated carbocycles. The van der Waals surface area contributed by atoms with Crippen LogP contribution in [0.4, 0.5) is 0 Å². The summed E-state index contributed by atoms with van der Waals surface area (Å²) >= 11 is 0. The van der Waals surface area contributed by atoms with Crippen LogP contribution in [0.2, 0.25) is 156 Å². The lowest BCUT2D eigenvalue weighted by molar-refractivity contribution is -0.153. The van der Waals surface area contributed by atoms with Crippen molar-refractivity contribution in [2.24, 2.45) is 5.92 Å². The van der Waals surface area contributed by atoms with Gasteiger partial charge in [-0.25, -0.2) is 0 Å². The van der Waals surface area contributed by atoms with E-state index in [1.807, 2.05) is 151 Å². The molecule has 23 nitrogen and oxygen atoms in total. The molecule has 39 heteroatoms. The number of hydrogen-bond acceptors (Lipinski definition) is 23. The average Bonchev–Trinajstić information content (AvgIpc) is 3.34. The number of esters is 2.